The summed E-state index contributed by atoms with van der Waals surface area (Å²) < 4.78 is 18.8. The molecule has 0 heterocycles. The molecule has 0 bridgehead atoms. The van der Waals surface area contributed by atoms with Gasteiger partial charge in [0.2, 0.25) is 0 Å². The number of rotatable bonds is 4. The number of anilines is 1. The van der Waals surface area contributed by atoms with Gasteiger partial charge in [-0.2, -0.15) is 15.8 Å². The lowest BCUT2D eigenvalue weighted by Crippen LogP contribution is -2.02. The van der Waals surface area contributed by atoms with Crippen LogP contribution >= 0.6 is 0 Å². The third-order valence-corrected chi connectivity index (χ3v) is 2.76. The van der Waals surface area contributed by atoms with E-state index in [0.29, 0.717) is 11.4 Å². The molecule has 0 aliphatic carbocycles. The number of hydrogen-bond donors (Lipinski definition) is 1. The number of nitrogens with one attached hydrogen (secondary N) is 1. The minimum atomic E-state index is -0.443. The maximum atomic E-state index is 13.2. The molecule has 0 radical (unpaired) electrons. The number of allylic oxidation sites excluding steroid dienone is 2. The van der Waals surface area contributed by atoms with E-state index < -0.39 is 5.82 Å². The second-order valence-electron chi connectivity index (χ2n) is 4.27. The smallest absolute Gasteiger partial charge is 0.163 e. The summed E-state index contributed by atoms with van der Waals surface area (Å²) in [6.45, 7) is 0. The van der Waals surface area contributed by atoms with Crippen LogP contribution in [0.2, 0.25) is 0 Å². The van der Waals surface area contributed by atoms with Gasteiger partial charge in [0.25, 0.3) is 0 Å². The van der Waals surface area contributed by atoms with E-state index in [1.165, 1.54) is 18.2 Å². The van der Waals surface area contributed by atoms with Crippen LogP contribution < -0.4 is 10.1 Å². The van der Waals surface area contributed by atoms with Crippen molar-refractivity contribution in [3.8, 4) is 29.7 Å². The summed E-state index contributed by atoms with van der Waals surface area (Å²) in [5.74, 6) is 0.158. The van der Waals surface area contributed by atoms with Crippen LogP contribution in [-0.2, 0) is 0 Å². The Hall–Kier alpha value is -3.82. The van der Waals surface area contributed by atoms with Crippen molar-refractivity contribution >= 4 is 5.69 Å². The van der Waals surface area contributed by atoms with Crippen LogP contribution in [0.5, 0.6) is 11.5 Å². The van der Waals surface area contributed by atoms with E-state index in [2.05, 4.69) is 5.32 Å². The molecule has 2 rings (SSSR count). The normalized spacial score (nSPS) is 8.96. The predicted molar refractivity (Wildman–Crippen MR) is 80.4 cm³/mol. The standard InChI is InChI=1S/C17H9FN4O/c18-13-4-3-5-14(8-13)23-17-7-2-1-6-15(17)22-16(11-21)12(9-19)10-20/h1-8,22H. The molecule has 6 heteroatoms. The van der Waals surface area contributed by atoms with Gasteiger partial charge in [0.15, 0.2) is 11.3 Å². The number of hydrogen-bond acceptors (Lipinski definition) is 5. The van der Waals surface area contributed by atoms with E-state index in [1.807, 2.05) is 0 Å². The van der Waals surface area contributed by atoms with Gasteiger partial charge in [0.1, 0.15) is 35.5 Å². The van der Waals surface area contributed by atoms with Crippen molar-refractivity contribution in [2.45, 2.75) is 0 Å². The van der Waals surface area contributed by atoms with Crippen LogP contribution in [0.1, 0.15) is 0 Å². The Morgan fingerprint density at radius 2 is 1.70 bits per heavy atom. The van der Waals surface area contributed by atoms with Crippen molar-refractivity contribution in [1.82, 2.24) is 0 Å². The number of nitriles is 3. The summed E-state index contributed by atoms with van der Waals surface area (Å²) in [4.78, 5) is 0. The average molecular weight is 304 g/mol. The van der Waals surface area contributed by atoms with Gasteiger partial charge in [-0.1, -0.05) is 18.2 Å². The Morgan fingerprint density at radius 1 is 0.957 bits per heavy atom. The first-order chi connectivity index (χ1) is 11.2. The van der Waals surface area contributed by atoms with Gasteiger partial charge in [0, 0.05) is 6.07 Å². The first-order valence-electron chi connectivity index (χ1n) is 6.42. The van der Waals surface area contributed by atoms with E-state index in [1.54, 1.807) is 48.5 Å². The zero-order valence-corrected chi connectivity index (χ0v) is 11.7. The summed E-state index contributed by atoms with van der Waals surface area (Å²) in [5.41, 5.74) is -0.158. The topological polar surface area (TPSA) is 92.6 Å². The largest absolute Gasteiger partial charge is 0.455 e. The minimum Gasteiger partial charge on any atom is -0.455 e. The Morgan fingerprint density at radius 3 is 2.35 bits per heavy atom. The molecule has 0 aliphatic rings. The van der Waals surface area contributed by atoms with Crippen LogP contribution in [0.3, 0.4) is 0 Å². The van der Waals surface area contributed by atoms with Gasteiger partial charge in [0.05, 0.1) is 5.69 Å². The molecule has 0 aromatic heterocycles. The predicted octanol–water partition coefficient (Wildman–Crippen LogP) is 3.85. The van der Waals surface area contributed by atoms with E-state index in [-0.39, 0.29) is 17.0 Å². The average Bonchev–Trinajstić information content (AvgIpc) is 2.56. The van der Waals surface area contributed by atoms with Crippen LogP contribution in [0, 0.1) is 39.8 Å². The van der Waals surface area contributed by atoms with Crippen LogP contribution in [0.15, 0.2) is 59.8 Å². The SMILES string of the molecule is N#CC(C#N)=C(C#N)Nc1ccccc1Oc1cccc(F)c1. The number of benzene rings is 2. The molecule has 0 saturated heterocycles. The third kappa shape index (κ3) is 3.85. The van der Waals surface area contributed by atoms with Crippen molar-refractivity contribution in [2.24, 2.45) is 0 Å². The summed E-state index contributed by atoms with van der Waals surface area (Å²) >= 11 is 0. The Kier molecular flexibility index (Phi) is 4.92. The molecule has 0 amide bonds. The molecule has 0 aliphatic heterocycles. The molecule has 5 nitrogen and oxygen atoms in total. The van der Waals surface area contributed by atoms with Crippen LogP contribution in [-0.4, -0.2) is 0 Å². The lowest BCUT2D eigenvalue weighted by atomic mass is 10.2. The molecular formula is C17H9FN4O. The lowest BCUT2D eigenvalue weighted by molar-refractivity contribution is 0.478. The lowest BCUT2D eigenvalue weighted by Gasteiger charge is -2.12. The Bertz CT molecular complexity index is 868. The molecule has 110 valence electrons. The zero-order chi connectivity index (χ0) is 16.7. The first-order valence-corrected chi connectivity index (χ1v) is 6.42. The quantitative estimate of drug-likeness (QED) is 0.866. The van der Waals surface area contributed by atoms with Crippen LogP contribution in [0.4, 0.5) is 10.1 Å². The molecule has 0 spiro atoms. The molecule has 0 unspecified atom stereocenters. The van der Waals surface area contributed by atoms with Crippen molar-refractivity contribution in [3.05, 3.63) is 65.6 Å². The number of ether oxygens (including phenoxy) is 1. The molecule has 23 heavy (non-hydrogen) atoms. The number of para-hydroxylation sites is 2. The van der Waals surface area contributed by atoms with E-state index in [9.17, 15) is 4.39 Å². The number of halogens is 1. The number of nitrogens with zero attached hydrogens (tertiary/aromatic N) is 3. The third-order valence-electron chi connectivity index (χ3n) is 2.76. The maximum Gasteiger partial charge on any atom is 0.163 e. The summed E-state index contributed by atoms with van der Waals surface area (Å²) in [7, 11) is 0. The van der Waals surface area contributed by atoms with Crippen molar-refractivity contribution in [3.63, 3.8) is 0 Å². The highest BCUT2D eigenvalue weighted by Crippen LogP contribution is 2.30. The van der Waals surface area contributed by atoms with Gasteiger partial charge in [-0.15, -0.1) is 0 Å². The molecule has 1 N–H and O–H groups in total. The Labute approximate surface area is 132 Å². The molecule has 2 aromatic rings. The van der Waals surface area contributed by atoms with Gasteiger partial charge in [-0.3, -0.25) is 0 Å². The monoisotopic (exact) mass is 304 g/mol. The van der Waals surface area contributed by atoms with E-state index in [4.69, 9.17) is 20.5 Å². The second-order valence-corrected chi connectivity index (χ2v) is 4.27. The van der Waals surface area contributed by atoms with E-state index in [0.717, 1.165) is 0 Å². The van der Waals surface area contributed by atoms with Gasteiger partial charge in [-0.05, 0) is 24.3 Å². The molecule has 0 saturated carbocycles. The summed E-state index contributed by atoms with van der Waals surface area (Å²) in [6.07, 6.45) is 0. The fourth-order valence-corrected chi connectivity index (χ4v) is 1.73. The summed E-state index contributed by atoms with van der Waals surface area (Å²) in [6, 6.07) is 17.2. The van der Waals surface area contributed by atoms with Gasteiger partial charge in [-0.25, -0.2) is 4.39 Å². The highest BCUT2D eigenvalue weighted by molar-refractivity contribution is 5.65. The minimum absolute atomic E-state index is 0.190. The summed E-state index contributed by atoms with van der Waals surface area (Å²) in [5, 5.41) is 29.5. The molecule has 0 fully saturated rings. The van der Waals surface area contributed by atoms with Crippen LogP contribution in [0.25, 0.3) is 0 Å². The molecule has 2 aromatic carbocycles. The van der Waals surface area contributed by atoms with Crippen molar-refractivity contribution in [1.29, 1.82) is 15.8 Å². The first kappa shape index (κ1) is 15.6. The van der Waals surface area contributed by atoms with Gasteiger partial charge < -0.3 is 10.1 Å². The second kappa shape index (κ2) is 7.26. The fourth-order valence-electron chi connectivity index (χ4n) is 1.73. The highest BCUT2D eigenvalue weighted by atomic mass is 19.1. The zero-order valence-electron chi connectivity index (χ0n) is 11.7. The van der Waals surface area contributed by atoms with Crippen molar-refractivity contribution < 1.29 is 9.13 Å². The molecule has 0 atom stereocenters. The van der Waals surface area contributed by atoms with E-state index >= 15 is 0 Å². The Balaban J connectivity index is 2.36. The maximum absolute atomic E-state index is 13.2. The fraction of sp³-hybridized carbons (Fsp3) is 0. The molecular weight excluding hydrogens is 295 g/mol. The highest BCUT2D eigenvalue weighted by Gasteiger charge is 2.10. The van der Waals surface area contributed by atoms with Gasteiger partial charge >= 0.3 is 0 Å². The van der Waals surface area contributed by atoms with Crippen molar-refractivity contribution in [2.75, 3.05) is 5.32 Å².